The van der Waals surface area contributed by atoms with Crippen molar-refractivity contribution >= 4 is 97.5 Å². The van der Waals surface area contributed by atoms with Crippen LogP contribution in [0.5, 0.6) is 11.5 Å². The van der Waals surface area contributed by atoms with Gasteiger partial charge in [0.05, 0.1) is 29.7 Å². The van der Waals surface area contributed by atoms with E-state index in [-0.39, 0.29) is 75.1 Å². The molecule has 14 heteroatoms. The molecule has 4 N–H and O–H groups in total. The van der Waals surface area contributed by atoms with Crippen molar-refractivity contribution in [3.05, 3.63) is 53.7 Å². The van der Waals surface area contributed by atoms with E-state index in [9.17, 15) is 39.6 Å². The van der Waals surface area contributed by atoms with Crippen LogP contribution in [0.1, 0.15) is 11.3 Å². The van der Waals surface area contributed by atoms with Crippen LogP contribution < -0.4 is 19.3 Å². The minimum Gasteiger partial charge on any atom is -0.497 e. The van der Waals surface area contributed by atoms with Crippen molar-refractivity contribution in [2.45, 2.75) is 13.5 Å². The second kappa shape index (κ2) is 14.8. The van der Waals surface area contributed by atoms with E-state index in [1.54, 1.807) is 43.3 Å². The zero-order chi connectivity index (χ0) is 28.7. The molecular weight excluding hydrogens is 553 g/mol. The van der Waals surface area contributed by atoms with Gasteiger partial charge in [-0.1, -0.05) is 12.1 Å². The van der Waals surface area contributed by atoms with E-state index < -0.39 is 50.1 Å². The van der Waals surface area contributed by atoms with Crippen molar-refractivity contribution in [1.82, 2.24) is 4.98 Å². The van der Waals surface area contributed by atoms with E-state index in [2.05, 4.69) is 4.98 Å². The molecule has 0 atom stereocenters. The van der Waals surface area contributed by atoms with E-state index in [4.69, 9.17) is 9.47 Å². The van der Waals surface area contributed by atoms with Crippen molar-refractivity contribution < 1.29 is 49.1 Å². The van der Waals surface area contributed by atoms with Gasteiger partial charge in [-0.15, -0.1) is 0 Å². The van der Waals surface area contributed by atoms with Crippen LogP contribution in [-0.2, 0) is 25.8 Å². The van der Waals surface area contributed by atoms with Crippen LogP contribution in [0, 0.1) is 6.92 Å². The molecule has 2 aromatic carbocycles. The maximum absolute atomic E-state index is 11.4. The Balaban J connectivity index is 0.00000560. The normalized spacial score (nSPS) is 10.3. The number of aromatic nitrogens is 1. The Morgan fingerprint density at radius 1 is 0.775 bits per heavy atom. The Labute approximate surface area is 271 Å². The van der Waals surface area contributed by atoms with Gasteiger partial charge in [0.1, 0.15) is 44.3 Å². The molecule has 3 aromatic rings. The molecular formula is C26H27KN3O10. The molecule has 1 radical (unpaired) electrons. The number of aliphatic carboxylic acids is 4. The van der Waals surface area contributed by atoms with Crippen molar-refractivity contribution in [3.8, 4) is 11.5 Å². The molecule has 207 valence electrons. The number of fused-ring (bicyclic) bond motifs is 1. The van der Waals surface area contributed by atoms with Crippen LogP contribution in [0.2, 0.25) is 0 Å². The maximum Gasteiger partial charge on any atom is 0.323 e. The monoisotopic (exact) mass is 580 g/mol. The van der Waals surface area contributed by atoms with Gasteiger partial charge >= 0.3 is 23.9 Å². The Bertz CT molecular complexity index is 1380. The first-order chi connectivity index (χ1) is 18.5. The maximum atomic E-state index is 11.4. The number of anilines is 2. The van der Waals surface area contributed by atoms with E-state index in [1.165, 1.54) is 13.2 Å². The van der Waals surface area contributed by atoms with Crippen LogP contribution in [0.25, 0.3) is 10.9 Å². The van der Waals surface area contributed by atoms with Crippen LogP contribution in [0.15, 0.2) is 42.5 Å². The number of carbonyl (C=O) groups is 4. The molecule has 3 rings (SSSR count). The Morgan fingerprint density at radius 3 is 1.85 bits per heavy atom. The number of aryl methyl sites for hydroxylation is 1. The predicted molar refractivity (Wildman–Crippen MR) is 145 cm³/mol. The number of methoxy groups -OCH3 is 1. The average molecular weight is 581 g/mol. The molecule has 0 unspecified atom stereocenters. The van der Waals surface area contributed by atoms with E-state index in [0.29, 0.717) is 22.3 Å². The zero-order valence-electron chi connectivity index (χ0n) is 22.2. The Morgan fingerprint density at radius 2 is 1.32 bits per heavy atom. The van der Waals surface area contributed by atoms with Gasteiger partial charge < -0.3 is 39.7 Å². The summed E-state index contributed by atoms with van der Waals surface area (Å²) in [5, 5.41) is 37.8. The summed E-state index contributed by atoms with van der Waals surface area (Å²) in [6.07, 6.45) is 0. The molecule has 0 bridgehead atoms. The third-order valence-corrected chi connectivity index (χ3v) is 5.52. The Kier molecular flexibility index (Phi) is 12.1. The largest absolute Gasteiger partial charge is 0.497 e. The van der Waals surface area contributed by atoms with E-state index in [1.807, 2.05) is 0 Å². The molecule has 1 heterocycles. The number of carboxylic acid groups (broad SMARTS) is 4. The van der Waals surface area contributed by atoms with Gasteiger partial charge in [-0.25, -0.2) is 4.98 Å². The molecule has 0 aliphatic rings. The molecule has 0 saturated heterocycles. The van der Waals surface area contributed by atoms with Crippen molar-refractivity contribution in [2.24, 2.45) is 0 Å². The first-order valence-electron chi connectivity index (χ1n) is 11.5. The van der Waals surface area contributed by atoms with Gasteiger partial charge in [0.15, 0.2) is 0 Å². The topological polar surface area (TPSA) is 187 Å². The molecule has 0 saturated carbocycles. The molecule has 0 aliphatic heterocycles. The quantitative estimate of drug-likeness (QED) is 0.202. The minimum atomic E-state index is -1.23. The molecule has 1 aromatic heterocycles. The summed E-state index contributed by atoms with van der Waals surface area (Å²) in [6, 6.07) is 11.4. The predicted octanol–water partition coefficient (Wildman–Crippen LogP) is 1.70. The van der Waals surface area contributed by atoms with Crippen LogP contribution >= 0.6 is 0 Å². The molecule has 0 spiro atoms. The summed E-state index contributed by atoms with van der Waals surface area (Å²) in [4.78, 5) is 52.5. The van der Waals surface area contributed by atoms with Crippen LogP contribution in [0.3, 0.4) is 0 Å². The number of hydrogen-bond donors (Lipinski definition) is 4. The molecule has 0 aliphatic carbocycles. The Hall–Kier alpha value is -3.43. The third kappa shape index (κ3) is 9.06. The second-order valence-corrected chi connectivity index (χ2v) is 8.57. The smallest absolute Gasteiger partial charge is 0.323 e. The number of hydrogen-bond acceptors (Lipinski definition) is 9. The summed E-state index contributed by atoms with van der Waals surface area (Å²) < 4.78 is 11.3. The second-order valence-electron chi connectivity index (χ2n) is 8.57. The average Bonchev–Trinajstić information content (AvgIpc) is 2.84. The summed E-state index contributed by atoms with van der Waals surface area (Å²) in [6.45, 7) is -0.617. The first-order valence-corrected chi connectivity index (χ1v) is 11.5. The van der Waals surface area contributed by atoms with Crippen LogP contribution in [0.4, 0.5) is 11.4 Å². The summed E-state index contributed by atoms with van der Waals surface area (Å²) in [5.41, 5.74) is 2.02. The number of rotatable bonds is 14. The fraction of sp³-hybridized carbons (Fsp3) is 0.269. The molecule has 0 amide bonds. The fourth-order valence-corrected chi connectivity index (χ4v) is 3.92. The van der Waals surface area contributed by atoms with Gasteiger partial charge in [0.25, 0.3) is 0 Å². The SMILES string of the molecule is COc1cc(N(CC(=O)O)CC(=O)O)c2nc(COc3cc(C)ccc3N(CC(=O)O)CC(=O)O)ccc2c1.[K]. The van der Waals surface area contributed by atoms with Crippen LogP contribution in [-0.4, -0.2) is 134 Å². The van der Waals surface area contributed by atoms with Gasteiger partial charge in [0.2, 0.25) is 0 Å². The summed E-state index contributed by atoms with van der Waals surface area (Å²) >= 11 is 0. The zero-order valence-corrected chi connectivity index (χ0v) is 25.3. The number of ether oxygens (including phenoxy) is 2. The molecule has 40 heavy (non-hydrogen) atoms. The van der Waals surface area contributed by atoms with Crippen molar-refractivity contribution in [1.29, 1.82) is 0 Å². The summed E-state index contributed by atoms with van der Waals surface area (Å²) in [5.74, 6) is -4.27. The standard InChI is InChI=1S/C26H27N3O10.K/c1-15-3-6-19(28(10-22(30)31)11-23(32)33)21(7-15)39-14-17-5-4-16-8-18(38-2)9-20(26(16)27-17)29(12-24(34)35)13-25(36)37;/h3-9H,10-14H2,1-2H3,(H,30,31)(H,32,33)(H,34,35)(H,36,37);. The number of nitrogens with zero attached hydrogens (tertiary/aromatic N) is 3. The third-order valence-electron chi connectivity index (χ3n) is 5.52. The first kappa shape index (κ1) is 32.8. The number of benzene rings is 2. The summed E-state index contributed by atoms with van der Waals surface area (Å²) in [7, 11) is 1.43. The van der Waals surface area contributed by atoms with E-state index in [0.717, 1.165) is 15.4 Å². The number of carboxylic acids is 4. The fourth-order valence-electron chi connectivity index (χ4n) is 3.92. The van der Waals surface area contributed by atoms with Gasteiger partial charge in [-0.2, -0.15) is 0 Å². The van der Waals surface area contributed by atoms with Gasteiger partial charge in [0, 0.05) is 62.8 Å². The number of pyridine rings is 1. The minimum absolute atomic E-state index is 0. The van der Waals surface area contributed by atoms with Gasteiger partial charge in [-0.05, 0) is 36.8 Å². The van der Waals surface area contributed by atoms with Crippen molar-refractivity contribution in [2.75, 3.05) is 43.1 Å². The van der Waals surface area contributed by atoms with Gasteiger partial charge in [-0.3, -0.25) is 19.2 Å². The molecule has 13 nitrogen and oxygen atoms in total. The van der Waals surface area contributed by atoms with Crippen molar-refractivity contribution in [3.63, 3.8) is 0 Å². The molecule has 0 fully saturated rings. The van der Waals surface area contributed by atoms with E-state index >= 15 is 0 Å².